The van der Waals surface area contributed by atoms with Gasteiger partial charge in [-0.2, -0.15) is 0 Å². The first-order valence-corrected chi connectivity index (χ1v) is 10.1. The van der Waals surface area contributed by atoms with Crippen LogP contribution in [0.3, 0.4) is 0 Å². The molecular formula is C22H34N2O3. The molecule has 1 unspecified atom stereocenters. The number of nitrogens with two attached hydrogens (primary N) is 1. The largest absolute Gasteiger partial charge is 0.459 e. The molecule has 1 fully saturated rings. The van der Waals surface area contributed by atoms with Crippen molar-refractivity contribution in [2.24, 2.45) is 11.7 Å². The minimum atomic E-state index is -0.578. The molecule has 27 heavy (non-hydrogen) atoms. The minimum Gasteiger partial charge on any atom is -0.459 e. The van der Waals surface area contributed by atoms with E-state index in [0.717, 1.165) is 18.4 Å². The highest BCUT2D eigenvalue weighted by Crippen LogP contribution is 2.27. The highest BCUT2D eigenvalue weighted by Gasteiger charge is 2.28. The van der Waals surface area contributed by atoms with Gasteiger partial charge in [0.25, 0.3) is 0 Å². The number of carbonyl (C=O) groups excluding carboxylic acids is 2. The van der Waals surface area contributed by atoms with Gasteiger partial charge in [0, 0.05) is 6.54 Å². The summed E-state index contributed by atoms with van der Waals surface area (Å²) in [6.07, 6.45) is 6.78. The summed E-state index contributed by atoms with van der Waals surface area (Å²) < 4.78 is 5.55. The number of hydrogen-bond acceptors (Lipinski definition) is 4. The third kappa shape index (κ3) is 7.33. The molecule has 1 amide bonds. The second kappa shape index (κ2) is 9.88. The summed E-state index contributed by atoms with van der Waals surface area (Å²) >= 11 is 0. The van der Waals surface area contributed by atoms with Gasteiger partial charge in [-0.1, -0.05) is 62.4 Å². The molecule has 2 rings (SSSR count). The van der Waals surface area contributed by atoms with Crippen LogP contribution in [0.2, 0.25) is 0 Å². The number of benzene rings is 1. The number of ether oxygens (including phenoxy) is 1. The summed E-state index contributed by atoms with van der Waals surface area (Å²) in [5.74, 6) is -0.536. The standard InChI is InChI=1S/C22H34N2O3/c1-22(2,3)27-21(26)18(17-12-8-5-9-13-17)15-24-20(25)19(23)14-16-10-6-4-7-11-16/h5,8-9,12-13,16,18-19H,4,6-7,10-11,14-15,23H2,1-3H3,(H,24,25)/t18-,19?/m1/s1. The molecule has 5 heteroatoms. The van der Waals surface area contributed by atoms with Crippen LogP contribution in [0.5, 0.6) is 0 Å². The van der Waals surface area contributed by atoms with Gasteiger partial charge in [0.2, 0.25) is 5.91 Å². The number of carbonyl (C=O) groups is 2. The van der Waals surface area contributed by atoms with Crippen molar-refractivity contribution in [1.29, 1.82) is 0 Å². The van der Waals surface area contributed by atoms with Gasteiger partial charge in [0.05, 0.1) is 12.0 Å². The summed E-state index contributed by atoms with van der Waals surface area (Å²) in [6.45, 7) is 5.71. The van der Waals surface area contributed by atoms with Crippen LogP contribution < -0.4 is 11.1 Å². The molecule has 0 aromatic heterocycles. The Hall–Kier alpha value is -1.88. The van der Waals surface area contributed by atoms with Crippen molar-refractivity contribution in [3.8, 4) is 0 Å². The molecule has 1 saturated carbocycles. The third-order valence-corrected chi connectivity index (χ3v) is 5.02. The van der Waals surface area contributed by atoms with Crippen LogP contribution in [0.1, 0.15) is 70.8 Å². The van der Waals surface area contributed by atoms with E-state index in [2.05, 4.69) is 5.32 Å². The van der Waals surface area contributed by atoms with Gasteiger partial charge < -0.3 is 15.8 Å². The highest BCUT2D eigenvalue weighted by atomic mass is 16.6. The van der Waals surface area contributed by atoms with Crippen molar-refractivity contribution in [3.05, 3.63) is 35.9 Å². The van der Waals surface area contributed by atoms with Crippen molar-refractivity contribution in [1.82, 2.24) is 5.32 Å². The molecule has 0 radical (unpaired) electrons. The molecule has 2 atom stereocenters. The molecule has 1 aliphatic rings. The van der Waals surface area contributed by atoms with E-state index in [9.17, 15) is 9.59 Å². The molecule has 0 spiro atoms. The maximum atomic E-state index is 12.7. The predicted molar refractivity (Wildman–Crippen MR) is 107 cm³/mol. The fourth-order valence-corrected chi connectivity index (χ4v) is 3.62. The van der Waals surface area contributed by atoms with E-state index in [1.165, 1.54) is 19.3 Å². The van der Waals surface area contributed by atoms with Crippen LogP contribution in [-0.2, 0) is 14.3 Å². The first kappa shape index (κ1) is 21.4. The zero-order chi connectivity index (χ0) is 19.9. The quantitative estimate of drug-likeness (QED) is 0.716. The van der Waals surface area contributed by atoms with Crippen molar-refractivity contribution >= 4 is 11.9 Å². The Morgan fingerprint density at radius 1 is 1.15 bits per heavy atom. The maximum absolute atomic E-state index is 12.7. The second-order valence-corrected chi connectivity index (χ2v) is 8.59. The molecule has 0 bridgehead atoms. The van der Waals surface area contributed by atoms with Gasteiger partial charge in [-0.25, -0.2) is 0 Å². The van der Waals surface area contributed by atoms with Crippen LogP contribution in [-0.4, -0.2) is 30.1 Å². The first-order chi connectivity index (χ1) is 12.8. The first-order valence-electron chi connectivity index (χ1n) is 10.1. The Kier molecular flexibility index (Phi) is 7.84. The molecule has 1 aromatic carbocycles. The average molecular weight is 375 g/mol. The number of esters is 1. The van der Waals surface area contributed by atoms with E-state index in [0.29, 0.717) is 12.3 Å². The number of nitrogens with one attached hydrogen (secondary N) is 1. The molecule has 1 aromatic rings. The van der Waals surface area contributed by atoms with E-state index >= 15 is 0 Å². The fourth-order valence-electron chi connectivity index (χ4n) is 3.62. The molecule has 5 nitrogen and oxygen atoms in total. The van der Waals surface area contributed by atoms with Gasteiger partial charge in [0.15, 0.2) is 0 Å². The smallest absolute Gasteiger partial charge is 0.315 e. The van der Waals surface area contributed by atoms with Crippen molar-refractivity contribution < 1.29 is 14.3 Å². The van der Waals surface area contributed by atoms with Gasteiger partial charge in [-0.15, -0.1) is 0 Å². The van der Waals surface area contributed by atoms with Crippen molar-refractivity contribution in [2.45, 2.75) is 76.9 Å². The number of hydrogen-bond donors (Lipinski definition) is 2. The lowest BCUT2D eigenvalue weighted by Gasteiger charge is -2.26. The number of amides is 1. The molecule has 3 N–H and O–H groups in total. The molecule has 0 aliphatic heterocycles. The van der Waals surface area contributed by atoms with Crippen LogP contribution in [0.25, 0.3) is 0 Å². The minimum absolute atomic E-state index is 0.190. The summed E-state index contributed by atoms with van der Waals surface area (Å²) in [7, 11) is 0. The Morgan fingerprint density at radius 3 is 2.37 bits per heavy atom. The van der Waals surface area contributed by atoms with Gasteiger partial charge in [0.1, 0.15) is 5.60 Å². The average Bonchev–Trinajstić information content (AvgIpc) is 2.62. The van der Waals surface area contributed by atoms with E-state index in [1.807, 2.05) is 51.1 Å². The Bertz CT molecular complexity index is 604. The predicted octanol–water partition coefficient (Wildman–Crippen LogP) is 3.53. The Labute approximate surface area is 163 Å². The molecule has 150 valence electrons. The van der Waals surface area contributed by atoms with E-state index in [1.54, 1.807) is 0 Å². The zero-order valence-electron chi connectivity index (χ0n) is 16.9. The summed E-state index contributed by atoms with van der Waals surface area (Å²) in [5.41, 5.74) is 6.37. The Morgan fingerprint density at radius 2 is 1.78 bits per heavy atom. The lowest BCUT2D eigenvalue weighted by Crippen LogP contribution is -2.44. The maximum Gasteiger partial charge on any atom is 0.315 e. The number of rotatable bonds is 7. The van der Waals surface area contributed by atoms with E-state index in [4.69, 9.17) is 10.5 Å². The summed E-state index contributed by atoms with van der Waals surface area (Å²) in [4.78, 5) is 25.1. The van der Waals surface area contributed by atoms with E-state index < -0.39 is 17.6 Å². The van der Waals surface area contributed by atoms with Crippen molar-refractivity contribution in [2.75, 3.05) is 6.54 Å². The van der Waals surface area contributed by atoms with Gasteiger partial charge >= 0.3 is 5.97 Å². The monoisotopic (exact) mass is 374 g/mol. The van der Waals surface area contributed by atoms with Gasteiger partial charge in [-0.05, 0) is 38.7 Å². The molecular weight excluding hydrogens is 340 g/mol. The van der Waals surface area contributed by atoms with Crippen LogP contribution in [0.4, 0.5) is 0 Å². The SMILES string of the molecule is CC(C)(C)OC(=O)[C@H](CNC(=O)C(N)CC1CCCCC1)c1ccccc1. The normalized spacial score (nSPS) is 17.8. The van der Waals surface area contributed by atoms with E-state index in [-0.39, 0.29) is 18.4 Å². The molecule has 1 aliphatic carbocycles. The third-order valence-electron chi connectivity index (χ3n) is 5.02. The topological polar surface area (TPSA) is 81.4 Å². The van der Waals surface area contributed by atoms with Crippen LogP contribution in [0, 0.1) is 5.92 Å². The lowest BCUT2D eigenvalue weighted by atomic mass is 9.85. The van der Waals surface area contributed by atoms with Crippen molar-refractivity contribution in [3.63, 3.8) is 0 Å². The Balaban J connectivity index is 1.95. The van der Waals surface area contributed by atoms with Crippen LogP contribution in [0.15, 0.2) is 30.3 Å². The van der Waals surface area contributed by atoms with Crippen LogP contribution >= 0.6 is 0 Å². The summed E-state index contributed by atoms with van der Waals surface area (Å²) in [5, 5.41) is 2.87. The van der Waals surface area contributed by atoms with Gasteiger partial charge in [-0.3, -0.25) is 9.59 Å². The zero-order valence-corrected chi connectivity index (χ0v) is 16.9. The molecule has 0 heterocycles. The fraction of sp³-hybridized carbons (Fsp3) is 0.636. The second-order valence-electron chi connectivity index (χ2n) is 8.59. The molecule has 0 saturated heterocycles. The highest BCUT2D eigenvalue weighted by molar-refractivity contribution is 5.83. The lowest BCUT2D eigenvalue weighted by molar-refractivity contribution is -0.156. The summed E-state index contributed by atoms with van der Waals surface area (Å²) in [6, 6.07) is 8.88.